The van der Waals surface area contributed by atoms with Crippen LogP contribution in [-0.4, -0.2) is 29.0 Å². The van der Waals surface area contributed by atoms with Gasteiger partial charge in [0.15, 0.2) is 4.34 Å². The molecule has 124 valence electrons. The van der Waals surface area contributed by atoms with Crippen molar-refractivity contribution in [3.8, 4) is 5.75 Å². The van der Waals surface area contributed by atoms with Gasteiger partial charge in [0.2, 0.25) is 5.13 Å². The van der Waals surface area contributed by atoms with Crippen molar-refractivity contribution in [1.29, 1.82) is 0 Å². The van der Waals surface area contributed by atoms with Crippen molar-refractivity contribution in [2.45, 2.75) is 11.3 Å². The van der Waals surface area contributed by atoms with Crippen LogP contribution in [0.15, 0.2) is 37.8 Å². The summed E-state index contributed by atoms with van der Waals surface area (Å²) in [5, 5.41) is 11.3. The maximum absolute atomic E-state index is 12.3. The van der Waals surface area contributed by atoms with Crippen LogP contribution in [0.2, 0.25) is 0 Å². The van der Waals surface area contributed by atoms with Crippen molar-refractivity contribution in [2.24, 2.45) is 0 Å². The number of fused-ring (bicyclic) bond motifs is 1. The molecule has 0 atom stereocenters. The predicted molar refractivity (Wildman–Crippen MR) is 93.3 cm³/mol. The van der Waals surface area contributed by atoms with Crippen LogP contribution in [0.5, 0.6) is 5.75 Å². The fraction of sp³-hybridized carbons (Fsp3) is 0.200. The molecule has 0 unspecified atom stereocenters. The summed E-state index contributed by atoms with van der Waals surface area (Å²) < 4.78 is 11.1. The molecule has 0 spiro atoms. The number of ether oxygens (including phenoxy) is 1. The van der Waals surface area contributed by atoms with Gasteiger partial charge in [0.1, 0.15) is 16.9 Å². The average molecular weight is 363 g/mol. The molecule has 0 aliphatic heterocycles. The Balaban J connectivity index is 1.90. The third-order valence-electron chi connectivity index (χ3n) is 3.08. The molecule has 24 heavy (non-hydrogen) atoms. The number of amides is 1. The first-order valence-electron chi connectivity index (χ1n) is 7.00. The predicted octanol–water partition coefficient (Wildman–Crippen LogP) is 3.02. The average Bonchev–Trinajstić information content (AvgIpc) is 3.01. The van der Waals surface area contributed by atoms with Crippen LogP contribution < -0.4 is 15.7 Å². The number of aromatic nitrogens is 2. The third-order valence-corrected chi connectivity index (χ3v) is 4.93. The summed E-state index contributed by atoms with van der Waals surface area (Å²) in [6, 6.07) is 6.47. The number of rotatable bonds is 5. The first kappa shape index (κ1) is 16.5. The van der Waals surface area contributed by atoms with Crippen molar-refractivity contribution in [3.05, 3.63) is 40.2 Å². The fourth-order valence-electron chi connectivity index (χ4n) is 1.99. The van der Waals surface area contributed by atoms with E-state index in [9.17, 15) is 9.59 Å². The van der Waals surface area contributed by atoms with E-state index in [1.807, 2.05) is 6.92 Å². The normalized spacial score (nSPS) is 10.8. The zero-order valence-corrected chi connectivity index (χ0v) is 14.5. The molecule has 0 aliphatic carbocycles. The molecule has 2 heterocycles. The molecular weight excluding hydrogens is 350 g/mol. The highest BCUT2D eigenvalue weighted by atomic mass is 32.2. The van der Waals surface area contributed by atoms with Gasteiger partial charge >= 0.3 is 5.63 Å². The van der Waals surface area contributed by atoms with Crippen LogP contribution in [0, 0.1) is 0 Å². The zero-order valence-electron chi connectivity index (χ0n) is 12.9. The van der Waals surface area contributed by atoms with Crippen molar-refractivity contribution in [1.82, 2.24) is 10.2 Å². The highest BCUT2D eigenvalue weighted by Gasteiger charge is 2.16. The first-order valence-corrected chi connectivity index (χ1v) is 8.80. The first-order chi connectivity index (χ1) is 11.6. The number of carbonyl (C=O) groups is 1. The van der Waals surface area contributed by atoms with Crippen LogP contribution in [0.4, 0.5) is 5.13 Å². The van der Waals surface area contributed by atoms with Crippen molar-refractivity contribution >= 4 is 45.1 Å². The van der Waals surface area contributed by atoms with E-state index < -0.39 is 11.5 Å². The highest BCUT2D eigenvalue weighted by Crippen LogP contribution is 2.25. The molecule has 0 fully saturated rings. The number of anilines is 1. The van der Waals surface area contributed by atoms with E-state index >= 15 is 0 Å². The van der Waals surface area contributed by atoms with E-state index in [4.69, 9.17) is 9.15 Å². The summed E-state index contributed by atoms with van der Waals surface area (Å²) in [7, 11) is 1.54. The third kappa shape index (κ3) is 3.41. The molecule has 1 N–H and O–H groups in total. The molecule has 2 aromatic heterocycles. The maximum atomic E-state index is 12.3. The number of hydrogen-bond donors (Lipinski definition) is 1. The summed E-state index contributed by atoms with van der Waals surface area (Å²) in [5.41, 5.74) is -0.427. The second-order valence-corrected chi connectivity index (χ2v) is 7.10. The van der Waals surface area contributed by atoms with Crippen LogP contribution in [-0.2, 0) is 0 Å². The molecule has 9 heteroatoms. The van der Waals surface area contributed by atoms with Crippen LogP contribution >= 0.6 is 23.1 Å². The topological polar surface area (TPSA) is 94.3 Å². The van der Waals surface area contributed by atoms with Crippen molar-refractivity contribution < 1.29 is 13.9 Å². The highest BCUT2D eigenvalue weighted by molar-refractivity contribution is 8.01. The Morgan fingerprint density at radius 2 is 2.21 bits per heavy atom. The van der Waals surface area contributed by atoms with Crippen LogP contribution in [0.3, 0.4) is 0 Å². The van der Waals surface area contributed by atoms with Gasteiger partial charge in [0.05, 0.1) is 7.11 Å². The molecule has 0 saturated carbocycles. The molecule has 0 aliphatic rings. The van der Waals surface area contributed by atoms with Crippen molar-refractivity contribution in [3.63, 3.8) is 0 Å². The molecule has 1 aromatic carbocycles. The minimum absolute atomic E-state index is 0.101. The van der Waals surface area contributed by atoms with Gasteiger partial charge in [0, 0.05) is 5.39 Å². The lowest BCUT2D eigenvalue weighted by Gasteiger charge is -2.04. The van der Waals surface area contributed by atoms with E-state index in [1.54, 1.807) is 18.2 Å². The minimum Gasteiger partial charge on any atom is -0.497 e. The summed E-state index contributed by atoms with van der Waals surface area (Å²) in [5.74, 6) is 0.879. The molecule has 1 amide bonds. The molecule has 0 radical (unpaired) electrons. The quantitative estimate of drug-likeness (QED) is 0.423. The summed E-state index contributed by atoms with van der Waals surface area (Å²) in [6.45, 7) is 2.00. The van der Waals surface area contributed by atoms with Gasteiger partial charge in [-0.3, -0.25) is 10.1 Å². The second-order valence-electron chi connectivity index (χ2n) is 4.61. The summed E-state index contributed by atoms with van der Waals surface area (Å²) >= 11 is 2.78. The Kier molecular flexibility index (Phi) is 4.81. The molecular formula is C15H13N3O4S2. The maximum Gasteiger partial charge on any atom is 0.349 e. The number of hydrogen-bond acceptors (Lipinski definition) is 8. The lowest BCUT2D eigenvalue weighted by Crippen LogP contribution is -2.20. The van der Waals surface area contributed by atoms with E-state index in [0.717, 1.165) is 10.1 Å². The standard InChI is InChI=1S/C15H13N3O4S2/c1-3-23-15-18-17-14(24-15)16-12(19)10-7-8-6-9(21-2)4-5-11(8)22-13(10)20/h4-7H,3H2,1-2H3,(H,16,17,19). The monoisotopic (exact) mass is 363 g/mol. The lowest BCUT2D eigenvalue weighted by atomic mass is 10.1. The van der Waals surface area contributed by atoms with Gasteiger partial charge in [0.25, 0.3) is 5.91 Å². The smallest absolute Gasteiger partial charge is 0.349 e. The minimum atomic E-state index is -0.710. The Morgan fingerprint density at radius 3 is 2.96 bits per heavy atom. The van der Waals surface area contributed by atoms with E-state index in [1.165, 1.54) is 36.3 Å². The number of nitrogens with one attached hydrogen (secondary N) is 1. The molecule has 3 rings (SSSR count). The summed E-state index contributed by atoms with van der Waals surface area (Å²) in [4.78, 5) is 24.4. The van der Waals surface area contributed by atoms with Gasteiger partial charge < -0.3 is 9.15 Å². The largest absolute Gasteiger partial charge is 0.497 e. The number of nitrogens with zero attached hydrogens (tertiary/aromatic N) is 2. The Hall–Kier alpha value is -2.39. The molecule has 3 aromatic rings. The van der Waals surface area contributed by atoms with Gasteiger partial charge in [-0.05, 0) is 30.0 Å². The van der Waals surface area contributed by atoms with Gasteiger partial charge in [-0.2, -0.15) is 0 Å². The Morgan fingerprint density at radius 1 is 1.38 bits per heavy atom. The lowest BCUT2D eigenvalue weighted by molar-refractivity contribution is 0.102. The number of carbonyl (C=O) groups excluding carboxylic acids is 1. The Labute approximate surface area is 145 Å². The number of benzene rings is 1. The Bertz CT molecular complexity index is 951. The molecule has 7 nitrogen and oxygen atoms in total. The van der Waals surface area contributed by atoms with Gasteiger partial charge in [-0.25, -0.2) is 4.79 Å². The molecule has 0 saturated heterocycles. The second kappa shape index (κ2) is 7.02. The molecule has 0 bridgehead atoms. The zero-order chi connectivity index (χ0) is 17.1. The van der Waals surface area contributed by atoms with Gasteiger partial charge in [-0.15, -0.1) is 10.2 Å². The van der Waals surface area contributed by atoms with Crippen LogP contribution in [0.25, 0.3) is 11.0 Å². The van der Waals surface area contributed by atoms with Crippen molar-refractivity contribution in [2.75, 3.05) is 18.2 Å². The van der Waals surface area contributed by atoms with Crippen LogP contribution in [0.1, 0.15) is 17.3 Å². The van der Waals surface area contributed by atoms with E-state index in [-0.39, 0.29) is 5.56 Å². The van der Waals surface area contributed by atoms with E-state index in [0.29, 0.717) is 21.9 Å². The summed E-state index contributed by atoms with van der Waals surface area (Å²) in [6.07, 6.45) is 0. The number of methoxy groups -OCH3 is 1. The van der Waals surface area contributed by atoms with E-state index in [2.05, 4.69) is 15.5 Å². The fourth-order valence-corrected chi connectivity index (χ4v) is 3.64. The SMILES string of the molecule is CCSc1nnc(NC(=O)c2cc3cc(OC)ccc3oc2=O)s1. The van der Waals surface area contributed by atoms with Gasteiger partial charge in [-0.1, -0.05) is 30.0 Å². The number of thioether (sulfide) groups is 1.